The van der Waals surface area contributed by atoms with Gasteiger partial charge >= 0.3 is 6.09 Å². The molecule has 0 spiro atoms. The molecule has 206 valence electrons. The van der Waals surface area contributed by atoms with E-state index in [2.05, 4.69) is 5.32 Å². The second-order valence-corrected chi connectivity index (χ2v) is 10.8. The van der Waals surface area contributed by atoms with Crippen LogP contribution >= 0.6 is 0 Å². The molecule has 2 fully saturated rings. The molecular weight excluding hydrogens is 484 g/mol. The number of hydrogen-bond acceptors (Lipinski definition) is 6. The Bertz CT molecular complexity index is 1020. The maximum Gasteiger partial charge on any atom is 0.410 e. The second kappa shape index (κ2) is 13.7. The molecule has 0 aliphatic carbocycles. The highest BCUT2D eigenvalue weighted by Crippen LogP contribution is 2.37. The Morgan fingerprint density at radius 1 is 1.03 bits per heavy atom. The first-order valence-corrected chi connectivity index (χ1v) is 13.6. The summed E-state index contributed by atoms with van der Waals surface area (Å²) in [6.45, 7) is 5.82. The number of hydrogen-bond donors (Lipinski definition) is 2. The first kappa shape index (κ1) is 28.1. The quantitative estimate of drug-likeness (QED) is 0.439. The molecule has 0 bridgehead atoms. The molecule has 2 amide bonds. The summed E-state index contributed by atoms with van der Waals surface area (Å²) in [7, 11) is 0. The summed E-state index contributed by atoms with van der Waals surface area (Å²) < 4.78 is 16.9. The average molecular weight is 525 g/mol. The van der Waals surface area contributed by atoms with Gasteiger partial charge in [-0.3, -0.25) is 4.79 Å². The summed E-state index contributed by atoms with van der Waals surface area (Å²) in [5, 5.41) is 14.4. The normalized spacial score (nSPS) is 22.1. The van der Waals surface area contributed by atoms with Crippen LogP contribution in [0.15, 0.2) is 60.7 Å². The number of rotatable bonds is 12. The summed E-state index contributed by atoms with van der Waals surface area (Å²) in [5.41, 5.74) is 1.89. The molecule has 2 heterocycles. The predicted octanol–water partition coefficient (Wildman–Crippen LogP) is 3.77. The number of carbonyl (C=O) groups is 2. The minimum atomic E-state index is -0.982. The van der Waals surface area contributed by atoms with Crippen LogP contribution in [0.4, 0.5) is 4.79 Å². The minimum absolute atomic E-state index is 0.0503. The van der Waals surface area contributed by atoms with Crippen molar-refractivity contribution in [3.63, 3.8) is 0 Å². The van der Waals surface area contributed by atoms with E-state index in [-0.39, 0.29) is 43.1 Å². The van der Waals surface area contributed by atoms with Crippen molar-refractivity contribution in [2.75, 3.05) is 26.3 Å². The molecule has 0 saturated carbocycles. The summed E-state index contributed by atoms with van der Waals surface area (Å²) in [6.07, 6.45) is -0.0134. The minimum Gasteiger partial charge on any atom is -0.445 e. The Balaban J connectivity index is 1.40. The highest BCUT2D eigenvalue weighted by molar-refractivity contribution is 5.76. The van der Waals surface area contributed by atoms with Crippen LogP contribution in [0.5, 0.6) is 0 Å². The molecule has 38 heavy (non-hydrogen) atoms. The number of carbonyl (C=O) groups excluding carboxylic acids is 2. The third-order valence-electron chi connectivity index (χ3n) is 7.18. The Hall–Kier alpha value is -2.94. The van der Waals surface area contributed by atoms with Gasteiger partial charge in [-0.15, -0.1) is 0 Å². The van der Waals surface area contributed by atoms with Crippen LogP contribution in [-0.2, 0) is 32.0 Å². The van der Waals surface area contributed by atoms with Crippen LogP contribution in [-0.4, -0.2) is 66.7 Å². The lowest BCUT2D eigenvalue weighted by Crippen LogP contribution is -2.51. The van der Waals surface area contributed by atoms with E-state index in [1.54, 1.807) is 0 Å². The highest BCUT2D eigenvalue weighted by Gasteiger charge is 2.42. The standard InChI is InChI=1S/C30H40N2O6/c1-21(2)17-32(30(35)38-19-23-11-7-4-8-12-23)18-27(33)26(15-22-9-5-3-6-10-22)31-28(34)16-24-20-37-29-25(24)13-14-36-29/h3-12,21,24-27,29,33H,13-20H2,1-2H3,(H,31,34)/t24-,25?,26-,27+,29+/m0/s1. The van der Waals surface area contributed by atoms with Gasteiger partial charge in [0.1, 0.15) is 6.61 Å². The number of nitrogens with zero attached hydrogens (tertiary/aromatic N) is 1. The van der Waals surface area contributed by atoms with E-state index in [0.717, 1.165) is 17.5 Å². The molecule has 1 unspecified atom stereocenters. The van der Waals surface area contributed by atoms with E-state index in [1.165, 1.54) is 4.90 Å². The zero-order valence-electron chi connectivity index (χ0n) is 22.3. The average Bonchev–Trinajstić information content (AvgIpc) is 3.52. The van der Waals surface area contributed by atoms with Crippen LogP contribution in [0, 0.1) is 17.8 Å². The van der Waals surface area contributed by atoms with Gasteiger partial charge < -0.3 is 29.5 Å². The Morgan fingerprint density at radius 2 is 1.71 bits per heavy atom. The monoisotopic (exact) mass is 524 g/mol. The third kappa shape index (κ3) is 8.03. The van der Waals surface area contributed by atoms with Gasteiger partial charge in [-0.05, 0) is 35.8 Å². The fourth-order valence-corrected chi connectivity index (χ4v) is 5.25. The predicted molar refractivity (Wildman–Crippen MR) is 143 cm³/mol. The van der Waals surface area contributed by atoms with Gasteiger partial charge in [0.25, 0.3) is 0 Å². The van der Waals surface area contributed by atoms with Gasteiger partial charge in [-0.2, -0.15) is 0 Å². The molecule has 8 heteroatoms. The molecule has 2 aromatic rings. The third-order valence-corrected chi connectivity index (χ3v) is 7.18. The number of benzene rings is 2. The zero-order chi connectivity index (χ0) is 26.9. The lowest BCUT2D eigenvalue weighted by Gasteiger charge is -2.31. The molecular formula is C30H40N2O6. The molecule has 0 aromatic heterocycles. The molecule has 2 N–H and O–H groups in total. The van der Waals surface area contributed by atoms with Crippen molar-refractivity contribution in [3.05, 3.63) is 71.8 Å². The lowest BCUT2D eigenvalue weighted by molar-refractivity contribution is -0.124. The number of aliphatic hydroxyl groups excluding tert-OH is 1. The summed E-state index contributed by atoms with van der Waals surface area (Å²) in [4.78, 5) is 27.7. The van der Waals surface area contributed by atoms with Crippen molar-refractivity contribution in [2.45, 2.75) is 58.2 Å². The largest absolute Gasteiger partial charge is 0.445 e. The SMILES string of the molecule is CC(C)CN(C[C@@H](O)[C@H](Cc1ccccc1)NC(=O)C[C@H]1CO[C@H]2OCCC12)C(=O)OCc1ccccc1. The van der Waals surface area contributed by atoms with Crippen LogP contribution in [0.3, 0.4) is 0 Å². The fraction of sp³-hybridized carbons (Fsp3) is 0.533. The Labute approximate surface area is 225 Å². The number of amides is 2. The molecule has 2 saturated heterocycles. The Kier molecular flexibility index (Phi) is 10.1. The van der Waals surface area contributed by atoms with Gasteiger partial charge in [0.15, 0.2) is 6.29 Å². The van der Waals surface area contributed by atoms with Crippen molar-refractivity contribution in [2.24, 2.45) is 17.8 Å². The van der Waals surface area contributed by atoms with Crippen molar-refractivity contribution in [1.82, 2.24) is 10.2 Å². The fourth-order valence-electron chi connectivity index (χ4n) is 5.25. The summed E-state index contributed by atoms with van der Waals surface area (Å²) >= 11 is 0. The molecule has 0 radical (unpaired) electrons. The molecule has 2 aliphatic heterocycles. The molecule has 8 nitrogen and oxygen atoms in total. The lowest BCUT2D eigenvalue weighted by atomic mass is 9.90. The van der Waals surface area contributed by atoms with E-state index in [0.29, 0.717) is 32.6 Å². The smallest absolute Gasteiger partial charge is 0.410 e. The number of ether oxygens (including phenoxy) is 3. The molecule has 2 aromatic carbocycles. The van der Waals surface area contributed by atoms with E-state index in [4.69, 9.17) is 14.2 Å². The molecule has 2 aliphatic rings. The highest BCUT2D eigenvalue weighted by atomic mass is 16.7. The van der Waals surface area contributed by atoms with Crippen LogP contribution in [0.1, 0.15) is 37.8 Å². The molecule has 4 rings (SSSR count). The van der Waals surface area contributed by atoms with Gasteiger partial charge in [-0.25, -0.2) is 4.79 Å². The van der Waals surface area contributed by atoms with Gasteiger partial charge in [0, 0.05) is 18.9 Å². The van der Waals surface area contributed by atoms with Gasteiger partial charge in [-0.1, -0.05) is 74.5 Å². The Morgan fingerprint density at radius 3 is 2.39 bits per heavy atom. The van der Waals surface area contributed by atoms with E-state index < -0.39 is 18.2 Å². The van der Waals surface area contributed by atoms with E-state index >= 15 is 0 Å². The first-order chi connectivity index (χ1) is 18.4. The first-order valence-electron chi connectivity index (χ1n) is 13.6. The van der Waals surface area contributed by atoms with Crippen LogP contribution < -0.4 is 5.32 Å². The maximum atomic E-state index is 13.1. The van der Waals surface area contributed by atoms with E-state index in [1.807, 2.05) is 74.5 Å². The molecule has 5 atom stereocenters. The second-order valence-electron chi connectivity index (χ2n) is 10.8. The summed E-state index contributed by atoms with van der Waals surface area (Å²) in [6, 6.07) is 18.7. The van der Waals surface area contributed by atoms with Crippen molar-refractivity contribution in [1.29, 1.82) is 0 Å². The maximum absolute atomic E-state index is 13.1. The number of fused-ring (bicyclic) bond motifs is 1. The van der Waals surface area contributed by atoms with Crippen LogP contribution in [0.25, 0.3) is 0 Å². The van der Waals surface area contributed by atoms with Crippen molar-refractivity contribution in [3.8, 4) is 0 Å². The van der Waals surface area contributed by atoms with Gasteiger partial charge in [0.2, 0.25) is 5.91 Å². The number of nitrogens with one attached hydrogen (secondary N) is 1. The summed E-state index contributed by atoms with van der Waals surface area (Å²) in [5.74, 6) is 0.382. The topological polar surface area (TPSA) is 97.3 Å². The van der Waals surface area contributed by atoms with Crippen LogP contribution in [0.2, 0.25) is 0 Å². The van der Waals surface area contributed by atoms with Crippen molar-refractivity contribution >= 4 is 12.0 Å². The van der Waals surface area contributed by atoms with Crippen molar-refractivity contribution < 1.29 is 28.9 Å². The van der Waals surface area contributed by atoms with E-state index in [9.17, 15) is 14.7 Å². The van der Waals surface area contributed by atoms with Gasteiger partial charge in [0.05, 0.1) is 31.9 Å². The zero-order valence-corrected chi connectivity index (χ0v) is 22.3. The number of aliphatic hydroxyl groups is 1.